The Labute approximate surface area is 306 Å². The Bertz CT molecular complexity index is 1340. The van der Waals surface area contributed by atoms with Crippen LogP contribution in [0.4, 0.5) is 0 Å². The molecule has 3 saturated carbocycles. The predicted molar refractivity (Wildman–Crippen MR) is 183 cm³/mol. The third-order valence-electron chi connectivity index (χ3n) is 15.6. The summed E-state index contributed by atoms with van der Waals surface area (Å²) in [5.41, 5.74) is 0.762. The van der Waals surface area contributed by atoms with Crippen molar-refractivity contribution in [3.8, 4) is 0 Å². The second kappa shape index (κ2) is 13.7. The van der Waals surface area contributed by atoms with Gasteiger partial charge in [0.2, 0.25) is 0 Å². The molecule has 0 amide bonds. The van der Waals surface area contributed by atoms with E-state index in [2.05, 4.69) is 33.8 Å². The highest BCUT2D eigenvalue weighted by Gasteiger charge is 2.69. The number of fused-ring (bicyclic) bond motifs is 7. The lowest BCUT2D eigenvalue weighted by molar-refractivity contribution is -0.374. The Morgan fingerprint density at radius 3 is 2.31 bits per heavy atom. The van der Waals surface area contributed by atoms with E-state index in [-0.39, 0.29) is 17.4 Å². The van der Waals surface area contributed by atoms with Crippen LogP contribution >= 0.6 is 0 Å². The van der Waals surface area contributed by atoms with Gasteiger partial charge in [0.1, 0.15) is 42.7 Å². The molecule has 4 aliphatic heterocycles. The molecule has 13 nitrogen and oxygen atoms in total. The van der Waals surface area contributed by atoms with Crippen LogP contribution in [-0.2, 0) is 28.4 Å². The van der Waals surface area contributed by atoms with Gasteiger partial charge in [-0.25, -0.2) is 0 Å². The summed E-state index contributed by atoms with van der Waals surface area (Å²) in [6.45, 7) is 11.0. The minimum Gasteiger partial charge on any atom is -0.394 e. The van der Waals surface area contributed by atoms with E-state index in [4.69, 9.17) is 28.4 Å². The minimum atomic E-state index is -1.66. The van der Waals surface area contributed by atoms with Crippen LogP contribution in [0.3, 0.4) is 0 Å². The van der Waals surface area contributed by atoms with Crippen molar-refractivity contribution in [1.82, 2.24) is 0 Å². The van der Waals surface area contributed by atoms with Crippen LogP contribution < -0.4 is 0 Å². The minimum absolute atomic E-state index is 0.101. The molecule has 8 aliphatic rings. The first-order valence-electron chi connectivity index (χ1n) is 19.9. The highest BCUT2D eigenvalue weighted by atomic mass is 16.8. The summed E-state index contributed by atoms with van der Waals surface area (Å²) in [4.78, 5) is 0. The van der Waals surface area contributed by atoms with E-state index in [0.717, 1.165) is 50.7 Å². The molecule has 52 heavy (non-hydrogen) atoms. The average molecular weight is 739 g/mol. The molecule has 4 aliphatic carbocycles. The fourth-order valence-electron chi connectivity index (χ4n) is 12.6. The summed E-state index contributed by atoms with van der Waals surface area (Å²) < 4.78 is 38.2. The largest absolute Gasteiger partial charge is 0.394 e. The molecule has 7 fully saturated rings. The van der Waals surface area contributed by atoms with Gasteiger partial charge in [-0.15, -0.1) is 0 Å². The number of rotatable bonds is 5. The fourth-order valence-corrected chi connectivity index (χ4v) is 12.6. The third kappa shape index (κ3) is 5.74. The Balaban J connectivity index is 1.06. The van der Waals surface area contributed by atoms with Crippen LogP contribution in [0.15, 0.2) is 11.6 Å². The van der Waals surface area contributed by atoms with Gasteiger partial charge in [0.25, 0.3) is 0 Å². The van der Waals surface area contributed by atoms with Gasteiger partial charge in [0, 0.05) is 24.2 Å². The molecule has 0 radical (unpaired) electrons. The standard InChI is InChI=1S/C39H62O13/c1-17-8-11-39(47-16-17)18(2)28-25(52-39)14-24-22-7-6-20-12-21(41)13-27(38(20,5)23(22)9-10-37(24,28)4)50-36-34(32(45)30(43)26(15-40)49-36)51-35-33(46)31(44)29(42)19(3)48-35/h6,17-19,21-36,40-46H,7-16H2,1-5H3/t17-,18+,19-,21+,22-,23+,24+,25+,26-,27-,28+,29+,30+,31-,32-,33-,34-,35+,36-,37+,38+,39-/m1/s1. The van der Waals surface area contributed by atoms with Gasteiger partial charge in [0.15, 0.2) is 18.4 Å². The number of aliphatic hydroxyl groups is 7. The van der Waals surface area contributed by atoms with E-state index < -0.39 is 91.4 Å². The Hall–Kier alpha value is -0.780. The monoisotopic (exact) mass is 738 g/mol. The molecule has 0 aromatic heterocycles. The number of allylic oxidation sites excluding steroid dienone is 1. The first-order valence-corrected chi connectivity index (χ1v) is 19.9. The Morgan fingerprint density at radius 2 is 1.60 bits per heavy atom. The number of ether oxygens (including phenoxy) is 6. The van der Waals surface area contributed by atoms with Gasteiger partial charge in [-0.1, -0.05) is 39.3 Å². The first kappa shape index (κ1) is 38.1. The van der Waals surface area contributed by atoms with Gasteiger partial charge >= 0.3 is 0 Å². The maximum Gasteiger partial charge on any atom is 0.187 e. The Kier molecular flexibility index (Phi) is 10.0. The van der Waals surface area contributed by atoms with Gasteiger partial charge in [-0.3, -0.25) is 0 Å². The van der Waals surface area contributed by atoms with Crippen LogP contribution in [-0.4, -0.2) is 134 Å². The van der Waals surface area contributed by atoms with E-state index in [0.29, 0.717) is 42.4 Å². The lowest BCUT2D eigenvalue weighted by Crippen LogP contribution is -2.65. The van der Waals surface area contributed by atoms with Crippen molar-refractivity contribution in [1.29, 1.82) is 0 Å². The van der Waals surface area contributed by atoms with Crippen LogP contribution in [0, 0.1) is 46.3 Å². The summed E-state index contributed by atoms with van der Waals surface area (Å²) in [5.74, 6) is 1.86. The quantitative estimate of drug-likeness (QED) is 0.200. The van der Waals surface area contributed by atoms with Crippen LogP contribution in [0.5, 0.6) is 0 Å². The van der Waals surface area contributed by atoms with Gasteiger partial charge in [-0.2, -0.15) is 0 Å². The molecule has 0 bridgehead atoms. The molecule has 4 saturated heterocycles. The van der Waals surface area contributed by atoms with Gasteiger partial charge < -0.3 is 64.2 Å². The van der Waals surface area contributed by atoms with Crippen molar-refractivity contribution in [3.05, 3.63) is 11.6 Å². The van der Waals surface area contributed by atoms with Gasteiger partial charge in [-0.05, 0) is 80.5 Å². The zero-order valence-electron chi connectivity index (χ0n) is 31.2. The molecular weight excluding hydrogens is 676 g/mol. The molecule has 0 aromatic carbocycles. The Morgan fingerprint density at radius 1 is 0.827 bits per heavy atom. The molecular formula is C39H62O13. The van der Waals surface area contributed by atoms with E-state index in [1.54, 1.807) is 0 Å². The molecule has 22 atom stereocenters. The molecule has 0 aromatic rings. The van der Waals surface area contributed by atoms with Crippen LogP contribution in [0.1, 0.15) is 86.0 Å². The zero-order chi connectivity index (χ0) is 37.1. The van der Waals surface area contributed by atoms with E-state index in [1.807, 2.05) is 0 Å². The van der Waals surface area contributed by atoms with Crippen molar-refractivity contribution in [2.24, 2.45) is 46.3 Å². The second-order valence-electron chi connectivity index (χ2n) is 18.3. The summed E-state index contributed by atoms with van der Waals surface area (Å²) in [6, 6.07) is 0. The summed E-state index contributed by atoms with van der Waals surface area (Å²) in [5, 5.41) is 74.9. The molecule has 0 unspecified atom stereocenters. The summed E-state index contributed by atoms with van der Waals surface area (Å²) in [6.07, 6.45) is -5.95. The van der Waals surface area contributed by atoms with Gasteiger partial charge in [0.05, 0.1) is 37.6 Å². The van der Waals surface area contributed by atoms with Crippen molar-refractivity contribution in [2.45, 2.75) is 171 Å². The first-order chi connectivity index (χ1) is 24.6. The number of aliphatic hydroxyl groups excluding tert-OH is 7. The zero-order valence-corrected chi connectivity index (χ0v) is 31.2. The van der Waals surface area contributed by atoms with Crippen molar-refractivity contribution < 1.29 is 64.2 Å². The van der Waals surface area contributed by atoms with Crippen molar-refractivity contribution in [2.75, 3.05) is 13.2 Å². The average Bonchev–Trinajstić information content (AvgIpc) is 3.56. The third-order valence-corrected chi connectivity index (χ3v) is 15.6. The predicted octanol–water partition coefficient (Wildman–Crippen LogP) is 1.36. The molecule has 1 spiro atoms. The lowest BCUT2D eigenvalue weighted by Gasteiger charge is -2.60. The van der Waals surface area contributed by atoms with Crippen molar-refractivity contribution in [3.63, 3.8) is 0 Å². The maximum atomic E-state index is 11.3. The van der Waals surface area contributed by atoms with Crippen molar-refractivity contribution >= 4 is 0 Å². The smallest absolute Gasteiger partial charge is 0.187 e. The van der Waals surface area contributed by atoms with E-state index in [1.165, 1.54) is 6.92 Å². The molecule has 7 N–H and O–H groups in total. The molecule has 4 heterocycles. The molecule has 8 rings (SSSR count). The highest BCUT2D eigenvalue weighted by Crippen LogP contribution is 2.71. The van der Waals surface area contributed by atoms with Crippen LogP contribution in [0.25, 0.3) is 0 Å². The maximum absolute atomic E-state index is 11.3. The van der Waals surface area contributed by atoms with Crippen LogP contribution in [0.2, 0.25) is 0 Å². The highest BCUT2D eigenvalue weighted by molar-refractivity contribution is 5.29. The fraction of sp³-hybridized carbons (Fsp3) is 0.949. The number of hydrogen-bond donors (Lipinski definition) is 7. The lowest BCUT2D eigenvalue weighted by atomic mass is 9.46. The normalized spacial score (nSPS) is 58.9. The SMILES string of the molecule is C[C@@H]1CC[C@@]2(OC1)O[C@H]1C[C@H]3[C@@H]4CC=C5C[C@H](O)C[C@@H](O[C@H]6O[C@H](CO)[C@H](O)[C@@H](O)[C@H]6O[C@@H]6O[C@H](C)[C@H](O)[C@@H](O)[C@H]6O)[C@]5(C)[C@H]4CC[C@]3(C)[C@H]1[C@@H]2C. The second-order valence-corrected chi connectivity index (χ2v) is 18.3. The van der Waals surface area contributed by atoms with E-state index >= 15 is 0 Å². The summed E-state index contributed by atoms with van der Waals surface area (Å²) >= 11 is 0. The topological polar surface area (TPSA) is 197 Å². The summed E-state index contributed by atoms with van der Waals surface area (Å²) in [7, 11) is 0. The van der Waals surface area contributed by atoms with E-state index in [9.17, 15) is 35.7 Å². The molecule has 13 heteroatoms. The molecule has 296 valence electrons. The number of hydrogen-bond acceptors (Lipinski definition) is 13.